The zero-order valence-electron chi connectivity index (χ0n) is 7.86. The predicted octanol–water partition coefficient (Wildman–Crippen LogP) is 3.99. The van der Waals surface area contributed by atoms with Crippen molar-refractivity contribution in [1.29, 1.82) is 0 Å². The summed E-state index contributed by atoms with van der Waals surface area (Å²) >= 11 is 3.72. The highest BCUT2D eigenvalue weighted by Gasteiger charge is 2.46. The van der Waals surface area contributed by atoms with E-state index in [0.717, 1.165) is 10.7 Å². The number of rotatable bonds is 4. The van der Waals surface area contributed by atoms with Crippen LogP contribution in [0.1, 0.15) is 46.5 Å². The molecule has 0 aromatic heterocycles. The Balaban J connectivity index is 2.35. The lowest BCUT2D eigenvalue weighted by molar-refractivity contribution is 0.364. The van der Waals surface area contributed by atoms with Gasteiger partial charge in [-0.2, -0.15) is 0 Å². The van der Waals surface area contributed by atoms with Crippen LogP contribution in [0.4, 0.5) is 0 Å². The minimum atomic E-state index is 0.690. The summed E-state index contributed by atoms with van der Waals surface area (Å²) in [6.45, 7) is 6.96. The van der Waals surface area contributed by atoms with Gasteiger partial charge >= 0.3 is 0 Å². The van der Waals surface area contributed by atoms with Gasteiger partial charge < -0.3 is 0 Å². The fourth-order valence-corrected chi connectivity index (χ4v) is 2.41. The molecule has 0 aromatic carbocycles. The third-order valence-electron chi connectivity index (χ3n) is 3.19. The van der Waals surface area contributed by atoms with E-state index in [2.05, 4.69) is 36.7 Å². The minimum Gasteiger partial charge on any atom is -0.0888 e. The SMILES string of the molecule is CCC(C)CC1(C(C)Br)CC1. The Morgan fingerprint density at radius 2 is 1.91 bits per heavy atom. The second kappa shape index (κ2) is 3.47. The first kappa shape index (κ1) is 9.57. The van der Waals surface area contributed by atoms with Crippen molar-refractivity contribution in [2.45, 2.75) is 51.3 Å². The van der Waals surface area contributed by atoms with Crippen LogP contribution in [0.3, 0.4) is 0 Å². The highest BCUT2D eigenvalue weighted by atomic mass is 79.9. The van der Waals surface area contributed by atoms with Crippen molar-refractivity contribution in [2.24, 2.45) is 11.3 Å². The molecule has 0 amide bonds. The zero-order chi connectivity index (χ0) is 8.48. The van der Waals surface area contributed by atoms with Gasteiger partial charge in [0.2, 0.25) is 0 Å². The van der Waals surface area contributed by atoms with Crippen LogP contribution in [0, 0.1) is 11.3 Å². The molecule has 11 heavy (non-hydrogen) atoms. The summed E-state index contributed by atoms with van der Waals surface area (Å²) in [4.78, 5) is 0.726. The van der Waals surface area contributed by atoms with Crippen LogP contribution in [0.15, 0.2) is 0 Å². The molecule has 0 N–H and O–H groups in total. The number of alkyl halides is 1. The molecule has 66 valence electrons. The summed E-state index contributed by atoms with van der Waals surface area (Å²) in [5, 5.41) is 0. The maximum Gasteiger partial charge on any atom is 0.0174 e. The van der Waals surface area contributed by atoms with E-state index in [0.29, 0.717) is 5.41 Å². The molecule has 0 aliphatic heterocycles. The summed E-state index contributed by atoms with van der Waals surface area (Å²) < 4.78 is 0. The molecule has 2 unspecified atom stereocenters. The van der Waals surface area contributed by atoms with Crippen molar-refractivity contribution in [3.63, 3.8) is 0 Å². The molecular formula is C10H19Br. The van der Waals surface area contributed by atoms with Crippen molar-refractivity contribution in [3.8, 4) is 0 Å². The van der Waals surface area contributed by atoms with Crippen molar-refractivity contribution in [3.05, 3.63) is 0 Å². The molecule has 1 aliphatic rings. The summed E-state index contributed by atoms with van der Waals surface area (Å²) in [5.74, 6) is 0.914. The van der Waals surface area contributed by atoms with E-state index in [-0.39, 0.29) is 0 Å². The third kappa shape index (κ3) is 2.21. The van der Waals surface area contributed by atoms with Gasteiger partial charge in [-0.05, 0) is 30.6 Å². The molecule has 0 aromatic rings. The molecule has 0 spiro atoms. The molecule has 0 saturated heterocycles. The average Bonchev–Trinajstić information content (AvgIpc) is 2.69. The second-order valence-electron chi connectivity index (χ2n) is 4.20. The molecule has 1 fully saturated rings. The summed E-state index contributed by atoms with van der Waals surface area (Å²) in [7, 11) is 0. The smallest absolute Gasteiger partial charge is 0.0174 e. The summed E-state index contributed by atoms with van der Waals surface area (Å²) in [5.41, 5.74) is 0.690. The van der Waals surface area contributed by atoms with E-state index >= 15 is 0 Å². The third-order valence-corrected chi connectivity index (χ3v) is 4.16. The topological polar surface area (TPSA) is 0 Å². The fourth-order valence-electron chi connectivity index (χ4n) is 1.76. The standard InChI is InChI=1S/C10H19Br/c1-4-8(2)7-10(5-6-10)9(3)11/h8-9H,4-7H2,1-3H3. The van der Waals surface area contributed by atoms with Gasteiger partial charge in [0.25, 0.3) is 0 Å². The maximum absolute atomic E-state index is 3.72. The summed E-state index contributed by atoms with van der Waals surface area (Å²) in [6, 6.07) is 0. The van der Waals surface area contributed by atoms with E-state index in [4.69, 9.17) is 0 Å². The Bertz CT molecular complexity index is 125. The lowest BCUT2D eigenvalue weighted by atomic mass is 9.89. The lowest BCUT2D eigenvalue weighted by Crippen LogP contribution is -2.15. The van der Waals surface area contributed by atoms with Gasteiger partial charge in [0.05, 0.1) is 0 Å². The van der Waals surface area contributed by atoms with Crippen molar-refractivity contribution >= 4 is 15.9 Å². The Morgan fingerprint density at radius 1 is 1.36 bits per heavy atom. The van der Waals surface area contributed by atoms with E-state index in [1.54, 1.807) is 0 Å². The Morgan fingerprint density at radius 3 is 2.18 bits per heavy atom. The number of halogens is 1. The first-order valence-corrected chi connectivity index (χ1v) is 5.66. The van der Waals surface area contributed by atoms with Crippen molar-refractivity contribution < 1.29 is 0 Å². The van der Waals surface area contributed by atoms with Crippen LogP contribution in [0.2, 0.25) is 0 Å². The monoisotopic (exact) mass is 218 g/mol. The van der Waals surface area contributed by atoms with E-state index in [1.807, 2.05) is 0 Å². The predicted molar refractivity (Wildman–Crippen MR) is 54.1 cm³/mol. The van der Waals surface area contributed by atoms with Crippen LogP contribution in [-0.4, -0.2) is 4.83 Å². The Hall–Kier alpha value is 0.480. The largest absolute Gasteiger partial charge is 0.0888 e. The fraction of sp³-hybridized carbons (Fsp3) is 1.00. The highest BCUT2D eigenvalue weighted by molar-refractivity contribution is 9.09. The molecule has 1 rings (SSSR count). The highest BCUT2D eigenvalue weighted by Crippen LogP contribution is 2.55. The number of hydrogen-bond acceptors (Lipinski definition) is 0. The Labute approximate surface area is 78.9 Å². The maximum atomic E-state index is 3.72. The molecule has 1 heteroatoms. The molecule has 0 heterocycles. The van der Waals surface area contributed by atoms with Crippen LogP contribution >= 0.6 is 15.9 Å². The zero-order valence-corrected chi connectivity index (χ0v) is 9.45. The molecule has 0 bridgehead atoms. The average molecular weight is 219 g/mol. The molecule has 1 saturated carbocycles. The first-order valence-electron chi connectivity index (χ1n) is 4.75. The van der Waals surface area contributed by atoms with Gasteiger partial charge in [-0.25, -0.2) is 0 Å². The van der Waals surface area contributed by atoms with E-state index in [9.17, 15) is 0 Å². The van der Waals surface area contributed by atoms with Gasteiger partial charge in [-0.15, -0.1) is 0 Å². The van der Waals surface area contributed by atoms with Crippen LogP contribution in [0.25, 0.3) is 0 Å². The van der Waals surface area contributed by atoms with Gasteiger partial charge in [0.15, 0.2) is 0 Å². The van der Waals surface area contributed by atoms with Crippen LogP contribution < -0.4 is 0 Å². The van der Waals surface area contributed by atoms with Crippen LogP contribution in [0.5, 0.6) is 0 Å². The minimum absolute atomic E-state index is 0.690. The van der Waals surface area contributed by atoms with Gasteiger partial charge in [-0.3, -0.25) is 0 Å². The molecule has 0 nitrogen and oxygen atoms in total. The molecular weight excluding hydrogens is 200 g/mol. The summed E-state index contributed by atoms with van der Waals surface area (Å²) in [6.07, 6.45) is 5.66. The van der Waals surface area contributed by atoms with Gasteiger partial charge in [0, 0.05) is 4.83 Å². The quantitative estimate of drug-likeness (QED) is 0.627. The molecule has 1 aliphatic carbocycles. The second-order valence-corrected chi connectivity index (χ2v) is 5.57. The van der Waals surface area contributed by atoms with E-state index < -0.39 is 0 Å². The normalized spacial score (nSPS) is 26.2. The first-order chi connectivity index (χ1) is 5.10. The van der Waals surface area contributed by atoms with Gasteiger partial charge in [0.1, 0.15) is 0 Å². The number of hydrogen-bond donors (Lipinski definition) is 0. The molecule has 2 atom stereocenters. The van der Waals surface area contributed by atoms with E-state index in [1.165, 1.54) is 25.7 Å². The Kier molecular flexibility index (Phi) is 3.02. The van der Waals surface area contributed by atoms with Crippen molar-refractivity contribution in [1.82, 2.24) is 0 Å². The van der Waals surface area contributed by atoms with Gasteiger partial charge in [-0.1, -0.05) is 43.1 Å². The molecule has 0 radical (unpaired) electrons. The lowest BCUT2D eigenvalue weighted by Gasteiger charge is -2.21. The van der Waals surface area contributed by atoms with Crippen LogP contribution in [-0.2, 0) is 0 Å². The van der Waals surface area contributed by atoms with Crippen molar-refractivity contribution in [2.75, 3.05) is 0 Å².